The zero-order valence-corrected chi connectivity index (χ0v) is 11.3. The summed E-state index contributed by atoms with van der Waals surface area (Å²) in [7, 11) is 0. The van der Waals surface area contributed by atoms with Crippen molar-refractivity contribution in [1.82, 2.24) is 9.78 Å². The van der Waals surface area contributed by atoms with Crippen LogP contribution in [0.4, 0.5) is 13.2 Å². The number of hydrogen-bond acceptors (Lipinski definition) is 2. The molecule has 0 aliphatic heterocycles. The minimum atomic E-state index is -4.42. The van der Waals surface area contributed by atoms with Crippen molar-refractivity contribution in [3.05, 3.63) is 52.8 Å². The Kier molecular flexibility index (Phi) is 3.85. The molecule has 6 heteroatoms. The van der Waals surface area contributed by atoms with Crippen LogP contribution in [0, 0.1) is 13.8 Å². The third-order valence-corrected chi connectivity index (χ3v) is 3.27. The summed E-state index contributed by atoms with van der Waals surface area (Å²) in [5, 5.41) is 3.50. The molecular formula is C14H16F3N3. The monoisotopic (exact) mass is 283 g/mol. The Hall–Kier alpha value is -1.82. The molecule has 1 atom stereocenters. The highest BCUT2D eigenvalue weighted by molar-refractivity contribution is 5.31. The molecule has 2 N–H and O–H groups in total. The summed E-state index contributed by atoms with van der Waals surface area (Å²) in [5.74, 6) is 0. The molecule has 20 heavy (non-hydrogen) atoms. The van der Waals surface area contributed by atoms with Gasteiger partial charge in [-0.05, 0) is 36.6 Å². The fraction of sp³-hybridized carbons (Fsp3) is 0.357. The van der Waals surface area contributed by atoms with Crippen molar-refractivity contribution in [1.29, 1.82) is 0 Å². The van der Waals surface area contributed by atoms with Crippen LogP contribution >= 0.6 is 0 Å². The summed E-state index contributed by atoms with van der Waals surface area (Å²) in [6.07, 6.45) is -3.13. The molecule has 3 nitrogen and oxygen atoms in total. The third kappa shape index (κ3) is 3.19. The molecule has 0 radical (unpaired) electrons. The number of aryl methyl sites for hydroxylation is 2. The standard InChI is InChI=1S/C14H16F3N3/c1-9-3-4-11(7-10(9)2)12(18)8-20-6-5-13(19-20)14(15,16)17/h3-7,12H,8,18H2,1-2H3. The fourth-order valence-electron chi connectivity index (χ4n) is 1.92. The summed E-state index contributed by atoms with van der Waals surface area (Å²) >= 11 is 0. The lowest BCUT2D eigenvalue weighted by Crippen LogP contribution is -2.19. The largest absolute Gasteiger partial charge is 0.435 e. The predicted octanol–water partition coefficient (Wildman–Crippen LogP) is 3.22. The minimum absolute atomic E-state index is 0.207. The van der Waals surface area contributed by atoms with E-state index in [1.807, 2.05) is 32.0 Å². The van der Waals surface area contributed by atoms with Crippen molar-refractivity contribution in [3.63, 3.8) is 0 Å². The van der Waals surface area contributed by atoms with Gasteiger partial charge in [0, 0.05) is 12.2 Å². The molecular weight excluding hydrogens is 267 g/mol. The maximum Gasteiger partial charge on any atom is 0.435 e. The van der Waals surface area contributed by atoms with Gasteiger partial charge in [-0.1, -0.05) is 18.2 Å². The molecule has 0 bridgehead atoms. The number of benzene rings is 1. The van der Waals surface area contributed by atoms with Crippen molar-refractivity contribution >= 4 is 0 Å². The first-order valence-corrected chi connectivity index (χ1v) is 6.21. The molecule has 0 aliphatic rings. The lowest BCUT2D eigenvalue weighted by molar-refractivity contribution is -0.141. The van der Waals surface area contributed by atoms with Gasteiger partial charge in [-0.15, -0.1) is 0 Å². The molecule has 1 heterocycles. The number of aromatic nitrogens is 2. The van der Waals surface area contributed by atoms with Gasteiger partial charge in [0.2, 0.25) is 0 Å². The topological polar surface area (TPSA) is 43.8 Å². The first kappa shape index (κ1) is 14.6. The van der Waals surface area contributed by atoms with Gasteiger partial charge in [0.25, 0.3) is 0 Å². The second-order valence-corrected chi connectivity index (χ2v) is 4.87. The lowest BCUT2D eigenvalue weighted by atomic mass is 10.0. The summed E-state index contributed by atoms with van der Waals surface area (Å²) in [5.41, 5.74) is 8.27. The molecule has 1 unspecified atom stereocenters. The number of nitrogens with zero attached hydrogens (tertiary/aromatic N) is 2. The zero-order valence-electron chi connectivity index (χ0n) is 11.3. The Bertz CT molecular complexity index is 602. The quantitative estimate of drug-likeness (QED) is 0.940. The van der Waals surface area contributed by atoms with E-state index in [2.05, 4.69) is 5.10 Å². The highest BCUT2D eigenvalue weighted by atomic mass is 19.4. The predicted molar refractivity (Wildman–Crippen MR) is 70.1 cm³/mol. The molecule has 0 amide bonds. The van der Waals surface area contributed by atoms with Gasteiger partial charge < -0.3 is 5.73 Å². The summed E-state index contributed by atoms with van der Waals surface area (Å²) in [6, 6.07) is 6.35. The van der Waals surface area contributed by atoms with Gasteiger partial charge in [-0.2, -0.15) is 18.3 Å². The molecule has 0 saturated heterocycles. The smallest absolute Gasteiger partial charge is 0.322 e. The molecule has 0 spiro atoms. The van der Waals surface area contributed by atoms with E-state index in [0.717, 1.165) is 22.8 Å². The fourth-order valence-corrected chi connectivity index (χ4v) is 1.92. The van der Waals surface area contributed by atoms with E-state index in [4.69, 9.17) is 5.73 Å². The van der Waals surface area contributed by atoms with Crippen LogP contribution in [0.2, 0.25) is 0 Å². The van der Waals surface area contributed by atoms with E-state index in [1.165, 1.54) is 10.9 Å². The van der Waals surface area contributed by atoms with Crippen molar-refractivity contribution in [2.75, 3.05) is 0 Å². The first-order chi connectivity index (χ1) is 9.27. The van der Waals surface area contributed by atoms with E-state index < -0.39 is 17.9 Å². The van der Waals surface area contributed by atoms with Crippen LogP contribution in [-0.4, -0.2) is 9.78 Å². The van der Waals surface area contributed by atoms with Crippen molar-refractivity contribution in [3.8, 4) is 0 Å². The van der Waals surface area contributed by atoms with Crippen LogP contribution < -0.4 is 5.73 Å². The summed E-state index contributed by atoms with van der Waals surface area (Å²) in [6.45, 7) is 4.17. The van der Waals surface area contributed by atoms with Crippen LogP contribution in [-0.2, 0) is 12.7 Å². The normalized spacial score (nSPS) is 13.5. The van der Waals surface area contributed by atoms with Crippen LogP contribution in [0.5, 0.6) is 0 Å². The van der Waals surface area contributed by atoms with Gasteiger partial charge in [-0.3, -0.25) is 4.68 Å². The number of halogens is 3. The molecule has 1 aromatic carbocycles. The number of nitrogens with two attached hydrogens (primary N) is 1. The van der Waals surface area contributed by atoms with Crippen LogP contribution in [0.25, 0.3) is 0 Å². The molecule has 108 valence electrons. The Labute approximate surface area is 115 Å². The number of hydrogen-bond donors (Lipinski definition) is 1. The Morgan fingerprint density at radius 2 is 1.90 bits per heavy atom. The van der Waals surface area contributed by atoms with Crippen LogP contribution in [0.1, 0.15) is 28.4 Å². The first-order valence-electron chi connectivity index (χ1n) is 6.21. The summed E-state index contributed by atoms with van der Waals surface area (Å²) < 4.78 is 38.6. The van der Waals surface area contributed by atoms with Crippen molar-refractivity contribution in [2.24, 2.45) is 5.73 Å². The highest BCUT2D eigenvalue weighted by Gasteiger charge is 2.33. The molecule has 0 saturated carbocycles. The maximum atomic E-state index is 12.5. The van der Waals surface area contributed by atoms with Crippen molar-refractivity contribution in [2.45, 2.75) is 32.6 Å². The van der Waals surface area contributed by atoms with E-state index in [-0.39, 0.29) is 6.54 Å². The van der Waals surface area contributed by atoms with Crippen molar-refractivity contribution < 1.29 is 13.2 Å². The SMILES string of the molecule is Cc1ccc(C(N)Cn2ccc(C(F)(F)F)n2)cc1C. The third-order valence-electron chi connectivity index (χ3n) is 3.27. The van der Waals surface area contributed by atoms with Gasteiger partial charge in [-0.25, -0.2) is 0 Å². The molecule has 0 aliphatic carbocycles. The highest BCUT2D eigenvalue weighted by Crippen LogP contribution is 2.27. The second-order valence-electron chi connectivity index (χ2n) is 4.87. The van der Waals surface area contributed by atoms with E-state index in [9.17, 15) is 13.2 Å². The Morgan fingerprint density at radius 3 is 2.45 bits per heavy atom. The number of rotatable bonds is 3. The minimum Gasteiger partial charge on any atom is -0.322 e. The Morgan fingerprint density at radius 1 is 1.20 bits per heavy atom. The van der Waals surface area contributed by atoms with E-state index in [1.54, 1.807) is 0 Å². The van der Waals surface area contributed by atoms with Gasteiger partial charge >= 0.3 is 6.18 Å². The lowest BCUT2D eigenvalue weighted by Gasteiger charge is -2.14. The average molecular weight is 283 g/mol. The Balaban J connectivity index is 2.13. The van der Waals surface area contributed by atoms with Crippen LogP contribution in [0.15, 0.2) is 30.5 Å². The van der Waals surface area contributed by atoms with Crippen LogP contribution in [0.3, 0.4) is 0 Å². The average Bonchev–Trinajstić information content (AvgIpc) is 2.81. The number of alkyl halides is 3. The molecule has 0 fully saturated rings. The molecule has 2 rings (SSSR count). The van der Waals surface area contributed by atoms with Gasteiger partial charge in [0.1, 0.15) is 0 Å². The maximum absolute atomic E-state index is 12.5. The van der Waals surface area contributed by atoms with Gasteiger partial charge in [0.05, 0.1) is 6.54 Å². The van der Waals surface area contributed by atoms with E-state index in [0.29, 0.717) is 0 Å². The van der Waals surface area contributed by atoms with Gasteiger partial charge in [0.15, 0.2) is 5.69 Å². The zero-order chi connectivity index (χ0) is 14.9. The molecule has 1 aromatic heterocycles. The summed E-state index contributed by atoms with van der Waals surface area (Å²) in [4.78, 5) is 0. The van der Waals surface area contributed by atoms with E-state index >= 15 is 0 Å². The second kappa shape index (κ2) is 5.28. The molecule has 2 aromatic rings.